The van der Waals surface area contributed by atoms with E-state index in [1.54, 1.807) is 14.0 Å². The normalized spacial score (nSPS) is 19.1. The molecule has 6 heteroatoms. The average molecular weight is 476 g/mol. The molecule has 0 saturated carbocycles. The van der Waals surface area contributed by atoms with E-state index >= 15 is 0 Å². The summed E-state index contributed by atoms with van der Waals surface area (Å²) >= 11 is 0. The number of esters is 1. The van der Waals surface area contributed by atoms with Crippen molar-refractivity contribution in [2.24, 2.45) is 5.41 Å². The Kier molecular flexibility index (Phi) is 7.01. The van der Waals surface area contributed by atoms with Gasteiger partial charge in [0.2, 0.25) is 0 Å². The maximum Gasteiger partial charge on any atom is 0.336 e. The fourth-order valence-electron chi connectivity index (χ4n) is 5.02. The van der Waals surface area contributed by atoms with Crippen LogP contribution in [0.15, 0.2) is 71.1 Å². The molecule has 0 radical (unpaired) electrons. The van der Waals surface area contributed by atoms with E-state index < -0.39 is 11.9 Å². The summed E-state index contributed by atoms with van der Waals surface area (Å²) in [6.45, 7) is 8.39. The molecule has 0 saturated heterocycles. The van der Waals surface area contributed by atoms with E-state index in [9.17, 15) is 9.59 Å². The number of hydrogen-bond acceptors (Lipinski definition) is 6. The van der Waals surface area contributed by atoms with Crippen molar-refractivity contribution < 1.29 is 23.8 Å². The third-order valence-electron chi connectivity index (χ3n) is 6.51. The molecule has 2 aliphatic rings. The first-order valence-corrected chi connectivity index (χ1v) is 12.0. The maximum absolute atomic E-state index is 13.5. The minimum atomic E-state index is -0.518. The monoisotopic (exact) mass is 475 g/mol. The number of carbonyl (C=O) groups excluding carboxylic acids is 2. The van der Waals surface area contributed by atoms with Crippen LogP contribution in [-0.4, -0.2) is 25.5 Å². The molecule has 1 atom stereocenters. The van der Waals surface area contributed by atoms with Crippen LogP contribution in [0, 0.1) is 5.41 Å². The second-order valence-electron chi connectivity index (χ2n) is 9.82. The van der Waals surface area contributed by atoms with E-state index in [4.69, 9.17) is 14.2 Å². The topological polar surface area (TPSA) is 73.9 Å². The first-order valence-electron chi connectivity index (χ1n) is 12.0. The molecule has 0 bridgehead atoms. The molecule has 0 spiro atoms. The van der Waals surface area contributed by atoms with Crippen LogP contribution >= 0.6 is 0 Å². The lowest BCUT2D eigenvalue weighted by molar-refractivity contribution is -0.138. The van der Waals surface area contributed by atoms with Gasteiger partial charge in [0.15, 0.2) is 5.78 Å². The molecular formula is C29H33NO5. The van der Waals surface area contributed by atoms with Gasteiger partial charge in [-0.25, -0.2) is 4.79 Å². The molecule has 6 nitrogen and oxygen atoms in total. The average Bonchev–Trinajstić information content (AvgIpc) is 2.81. The van der Waals surface area contributed by atoms with Gasteiger partial charge >= 0.3 is 5.97 Å². The molecule has 35 heavy (non-hydrogen) atoms. The third-order valence-corrected chi connectivity index (χ3v) is 6.51. The van der Waals surface area contributed by atoms with Crippen molar-refractivity contribution >= 4 is 11.8 Å². The number of ether oxygens (including phenoxy) is 3. The van der Waals surface area contributed by atoms with Crippen LogP contribution < -0.4 is 14.8 Å². The van der Waals surface area contributed by atoms with Gasteiger partial charge in [0.1, 0.15) is 18.1 Å². The SMILES string of the molecule is CCOC(=O)C1=C(C)NC2=C(C(=O)CC(C)(C)C2)[C@@H]1c1ccc(OC)c(COc2ccccc2)c1. The summed E-state index contributed by atoms with van der Waals surface area (Å²) in [7, 11) is 1.62. The predicted molar refractivity (Wildman–Crippen MR) is 134 cm³/mol. The predicted octanol–water partition coefficient (Wildman–Crippen LogP) is 5.44. The van der Waals surface area contributed by atoms with Crippen LogP contribution in [-0.2, 0) is 20.9 Å². The largest absolute Gasteiger partial charge is 0.496 e. The van der Waals surface area contributed by atoms with Gasteiger partial charge in [-0.2, -0.15) is 0 Å². The number of para-hydroxylation sites is 1. The Balaban J connectivity index is 1.80. The second-order valence-corrected chi connectivity index (χ2v) is 9.82. The van der Waals surface area contributed by atoms with Crippen LogP contribution in [0.2, 0.25) is 0 Å². The summed E-state index contributed by atoms with van der Waals surface area (Å²) in [5, 5.41) is 3.37. The van der Waals surface area contributed by atoms with Gasteiger partial charge in [-0.05, 0) is 55.5 Å². The van der Waals surface area contributed by atoms with Gasteiger partial charge in [0, 0.05) is 34.9 Å². The fraction of sp³-hybridized carbons (Fsp3) is 0.379. The van der Waals surface area contributed by atoms with Gasteiger partial charge in [-0.3, -0.25) is 4.79 Å². The number of allylic oxidation sites excluding steroid dienone is 3. The Hall–Kier alpha value is -3.54. The minimum Gasteiger partial charge on any atom is -0.496 e. The summed E-state index contributed by atoms with van der Waals surface area (Å²) in [5.41, 5.74) is 4.25. The highest BCUT2D eigenvalue weighted by molar-refractivity contribution is 6.04. The van der Waals surface area contributed by atoms with E-state index in [1.165, 1.54) is 0 Å². The number of nitrogens with one attached hydrogen (secondary N) is 1. The molecule has 1 N–H and O–H groups in total. The lowest BCUT2D eigenvalue weighted by Crippen LogP contribution is -2.38. The van der Waals surface area contributed by atoms with Gasteiger partial charge in [0.25, 0.3) is 0 Å². The lowest BCUT2D eigenvalue weighted by atomic mass is 9.68. The number of ketones is 1. The second kappa shape index (κ2) is 9.98. The molecule has 4 rings (SSSR count). The Bertz CT molecular complexity index is 1190. The Morgan fingerprint density at radius 3 is 2.54 bits per heavy atom. The quantitative estimate of drug-likeness (QED) is 0.538. The Morgan fingerprint density at radius 2 is 1.86 bits per heavy atom. The van der Waals surface area contributed by atoms with E-state index in [-0.39, 0.29) is 24.4 Å². The van der Waals surface area contributed by atoms with Crippen LogP contribution in [0.5, 0.6) is 11.5 Å². The highest BCUT2D eigenvalue weighted by Crippen LogP contribution is 2.47. The first kappa shape index (κ1) is 24.6. The van der Waals surface area contributed by atoms with Crippen molar-refractivity contribution in [3.05, 3.63) is 82.2 Å². The van der Waals surface area contributed by atoms with E-state index in [2.05, 4.69) is 19.2 Å². The van der Waals surface area contributed by atoms with Gasteiger partial charge in [-0.1, -0.05) is 38.1 Å². The summed E-state index contributed by atoms with van der Waals surface area (Å²) < 4.78 is 17.0. The summed E-state index contributed by atoms with van der Waals surface area (Å²) in [5.74, 6) is 0.558. The van der Waals surface area contributed by atoms with Crippen molar-refractivity contribution in [1.82, 2.24) is 5.32 Å². The Labute approximate surface area is 207 Å². The van der Waals surface area contributed by atoms with Crippen molar-refractivity contribution in [3.63, 3.8) is 0 Å². The number of dihydropyridines is 1. The first-order chi connectivity index (χ1) is 16.7. The third kappa shape index (κ3) is 5.11. The number of carbonyl (C=O) groups is 2. The lowest BCUT2D eigenvalue weighted by Gasteiger charge is -2.39. The molecule has 1 aliphatic carbocycles. The van der Waals surface area contributed by atoms with Gasteiger partial charge in [-0.15, -0.1) is 0 Å². The van der Waals surface area contributed by atoms with Crippen LogP contribution in [0.25, 0.3) is 0 Å². The number of benzene rings is 2. The molecule has 0 aromatic heterocycles. The summed E-state index contributed by atoms with van der Waals surface area (Å²) in [4.78, 5) is 26.6. The highest BCUT2D eigenvalue weighted by Gasteiger charge is 2.43. The molecule has 0 unspecified atom stereocenters. The fourth-order valence-corrected chi connectivity index (χ4v) is 5.02. The molecule has 0 fully saturated rings. The van der Waals surface area contributed by atoms with Crippen molar-refractivity contribution in [2.45, 2.75) is 53.1 Å². The zero-order valence-electron chi connectivity index (χ0n) is 21.1. The van der Waals surface area contributed by atoms with Gasteiger partial charge in [0.05, 0.1) is 19.3 Å². The van der Waals surface area contributed by atoms with E-state index in [0.29, 0.717) is 23.3 Å². The highest BCUT2D eigenvalue weighted by atomic mass is 16.5. The molecule has 184 valence electrons. The molecule has 2 aromatic rings. The maximum atomic E-state index is 13.5. The van der Waals surface area contributed by atoms with Gasteiger partial charge < -0.3 is 19.5 Å². The van der Waals surface area contributed by atoms with E-state index in [0.717, 1.165) is 34.7 Å². The zero-order chi connectivity index (χ0) is 25.2. The van der Waals surface area contributed by atoms with E-state index in [1.807, 2.05) is 55.5 Å². The van der Waals surface area contributed by atoms with Crippen LogP contribution in [0.1, 0.15) is 57.6 Å². The summed E-state index contributed by atoms with van der Waals surface area (Å²) in [6.07, 6.45) is 1.16. The van der Waals surface area contributed by atoms with Crippen LogP contribution in [0.3, 0.4) is 0 Å². The zero-order valence-corrected chi connectivity index (χ0v) is 21.1. The molecule has 0 amide bonds. The van der Waals surface area contributed by atoms with Crippen molar-refractivity contribution in [1.29, 1.82) is 0 Å². The number of rotatable bonds is 7. The molecule has 1 aliphatic heterocycles. The van der Waals surface area contributed by atoms with Crippen molar-refractivity contribution in [3.8, 4) is 11.5 Å². The minimum absolute atomic E-state index is 0.0564. The van der Waals surface area contributed by atoms with Crippen molar-refractivity contribution in [2.75, 3.05) is 13.7 Å². The summed E-state index contributed by atoms with van der Waals surface area (Å²) in [6, 6.07) is 15.3. The molecule has 2 aromatic carbocycles. The number of Topliss-reactive ketones (excluding diaryl/α,β-unsaturated/α-hetero) is 1. The smallest absolute Gasteiger partial charge is 0.336 e. The number of hydrogen-bond donors (Lipinski definition) is 1. The molecule has 1 heterocycles. The van der Waals surface area contributed by atoms with Crippen LogP contribution in [0.4, 0.5) is 0 Å². The molecular weight excluding hydrogens is 442 g/mol. The standard InChI is InChI=1S/C29H33NO5/c1-6-34-28(32)25-18(2)30-22-15-29(3,4)16-23(31)27(22)26(25)19-12-13-24(33-5)20(14-19)17-35-21-10-8-7-9-11-21/h7-14,26,30H,6,15-17H2,1-5H3/t26-/m1/s1. The number of methoxy groups -OCH3 is 1. The Morgan fingerprint density at radius 1 is 1.11 bits per heavy atom.